The van der Waals surface area contributed by atoms with Crippen molar-refractivity contribution in [2.24, 2.45) is 0 Å². The molecule has 18 heavy (non-hydrogen) atoms. The summed E-state index contributed by atoms with van der Waals surface area (Å²) in [7, 11) is 0. The Morgan fingerprint density at radius 2 is 2.28 bits per heavy atom. The van der Waals surface area contributed by atoms with Crippen LogP contribution in [-0.4, -0.2) is 22.1 Å². The summed E-state index contributed by atoms with van der Waals surface area (Å²) >= 11 is 0. The van der Waals surface area contributed by atoms with Gasteiger partial charge in [0.15, 0.2) is 0 Å². The van der Waals surface area contributed by atoms with Crippen molar-refractivity contribution < 1.29 is 9.90 Å². The van der Waals surface area contributed by atoms with E-state index < -0.39 is 12.0 Å². The lowest BCUT2D eigenvalue weighted by atomic mass is 10.1. The van der Waals surface area contributed by atoms with Crippen molar-refractivity contribution in [1.29, 1.82) is 5.26 Å². The zero-order valence-corrected chi connectivity index (χ0v) is 9.71. The number of pyridine rings is 1. The third-order valence-corrected chi connectivity index (χ3v) is 2.62. The zero-order chi connectivity index (χ0) is 13.1. The summed E-state index contributed by atoms with van der Waals surface area (Å²) in [5, 5.41) is 22.2. The van der Waals surface area contributed by atoms with Gasteiger partial charge in [0.05, 0.1) is 11.6 Å². The van der Waals surface area contributed by atoms with Crippen molar-refractivity contribution >= 4 is 22.6 Å². The van der Waals surface area contributed by atoms with Gasteiger partial charge < -0.3 is 10.4 Å². The van der Waals surface area contributed by atoms with Crippen molar-refractivity contribution in [3.63, 3.8) is 0 Å². The number of nitrogens with one attached hydrogen (secondary N) is 1. The first-order chi connectivity index (χ1) is 8.61. The molecule has 0 spiro atoms. The second-order valence-corrected chi connectivity index (χ2v) is 3.91. The van der Waals surface area contributed by atoms with E-state index in [0.717, 1.165) is 10.8 Å². The maximum Gasteiger partial charge on any atom is 0.325 e. The van der Waals surface area contributed by atoms with Crippen LogP contribution >= 0.6 is 0 Å². The molecule has 0 radical (unpaired) electrons. The van der Waals surface area contributed by atoms with Crippen molar-refractivity contribution in [2.45, 2.75) is 13.0 Å². The minimum Gasteiger partial charge on any atom is -0.480 e. The number of aromatic nitrogens is 1. The number of carboxylic acid groups (broad SMARTS) is 1. The fourth-order valence-electron chi connectivity index (χ4n) is 1.62. The molecule has 2 rings (SSSR count). The zero-order valence-electron chi connectivity index (χ0n) is 9.71. The maximum atomic E-state index is 10.8. The highest BCUT2D eigenvalue weighted by Crippen LogP contribution is 2.22. The largest absolute Gasteiger partial charge is 0.480 e. The average molecular weight is 241 g/mol. The van der Waals surface area contributed by atoms with Crippen LogP contribution < -0.4 is 5.32 Å². The van der Waals surface area contributed by atoms with E-state index in [9.17, 15) is 4.79 Å². The molecule has 0 saturated carbocycles. The van der Waals surface area contributed by atoms with Gasteiger partial charge in [-0.1, -0.05) is 6.07 Å². The lowest BCUT2D eigenvalue weighted by Crippen LogP contribution is -2.25. The molecular formula is C13H11N3O2. The number of carbonyl (C=O) groups is 1. The summed E-state index contributed by atoms with van der Waals surface area (Å²) in [5.41, 5.74) is 0.515. The summed E-state index contributed by atoms with van der Waals surface area (Å²) in [4.78, 5) is 14.9. The predicted molar refractivity (Wildman–Crippen MR) is 67.2 cm³/mol. The molecule has 1 atom stereocenters. The van der Waals surface area contributed by atoms with Gasteiger partial charge >= 0.3 is 5.97 Å². The predicted octanol–water partition coefficient (Wildman–Crippen LogP) is 1.99. The lowest BCUT2D eigenvalue weighted by molar-refractivity contribution is -0.137. The summed E-state index contributed by atoms with van der Waals surface area (Å²) in [6.07, 6.45) is 1.60. The maximum absolute atomic E-state index is 10.8. The summed E-state index contributed by atoms with van der Waals surface area (Å²) in [5.74, 6) is -0.482. The summed E-state index contributed by atoms with van der Waals surface area (Å²) in [6.45, 7) is 1.54. The highest BCUT2D eigenvalue weighted by Gasteiger charge is 2.12. The molecule has 1 aromatic carbocycles. The van der Waals surface area contributed by atoms with Gasteiger partial charge in [-0.2, -0.15) is 5.26 Å². The number of hydrogen-bond acceptors (Lipinski definition) is 4. The normalized spacial score (nSPS) is 11.8. The first kappa shape index (κ1) is 11.9. The molecule has 0 saturated heterocycles. The number of carboxylic acids is 1. The molecule has 90 valence electrons. The van der Waals surface area contributed by atoms with Crippen LogP contribution in [0.3, 0.4) is 0 Å². The minimum atomic E-state index is -0.953. The molecule has 2 aromatic rings. The van der Waals surface area contributed by atoms with Gasteiger partial charge in [-0.3, -0.25) is 4.79 Å². The first-order valence-corrected chi connectivity index (χ1v) is 5.40. The number of anilines is 1. The Labute approximate surface area is 104 Å². The Morgan fingerprint density at radius 3 is 2.94 bits per heavy atom. The van der Waals surface area contributed by atoms with Crippen LogP contribution in [-0.2, 0) is 4.79 Å². The number of nitrogens with zero attached hydrogens (tertiary/aromatic N) is 2. The third-order valence-electron chi connectivity index (χ3n) is 2.62. The topological polar surface area (TPSA) is 86.0 Å². The van der Waals surface area contributed by atoms with E-state index in [1.165, 1.54) is 6.92 Å². The van der Waals surface area contributed by atoms with Gasteiger partial charge in [-0.15, -0.1) is 0 Å². The molecule has 0 aliphatic carbocycles. The van der Waals surface area contributed by atoms with Crippen molar-refractivity contribution in [1.82, 2.24) is 4.98 Å². The lowest BCUT2D eigenvalue weighted by Gasteiger charge is -2.12. The van der Waals surface area contributed by atoms with Crippen molar-refractivity contribution in [2.75, 3.05) is 5.32 Å². The summed E-state index contributed by atoms with van der Waals surface area (Å²) in [6, 6.07) is 8.34. The van der Waals surface area contributed by atoms with E-state index in [1.54, 1.807) is 18.3 Å². The minimum absolute atomic E-state index is 0.472. The monoisotopic (exact) mass is 241 g/mol. The second kappa shape index (κ2) is 4.72. The standard InChI is InChI=1S/C13H11N3O2/c1-8(13(17)18)16-12-11-6-9(7-14)2-3-10(11)4-5-15-12/h2-6,8H,1H3,(H,15,16)(H,17,18). The quantitative estimate of drug-likeness (QED) is 0.858. The van der Waals surface area contributed by atoms with Gasteiger partial charge in [0.1, 0.15) is 11.9 Å². The number of rotatable bonds is 3. The highest BCUT2D eigenvalue weighted by molar-refractivity contribution is 5.93. The van der Waals surface area contributed by atoms with Crippen LogP contribution in [0.15, 0.2) is 30.5 Å². The fourth-order valence-corrected chi connectivity index (χ4v) is 1.62. The van der Waals surface area contributed by atoms with Crippen LogP contribution in [0.5, 0.6) is 0 Å². The molecule has 0 aliphatic rings. The van der Waals surface area contributed by atoms with Gasteiger partial charge in [0.2, 0.25) is 0 Å². The van der Waals surface area contributed by atoms with Crippen LogP contribution in [0.25, 0.3) is 10.8 Å². The Kier molecular flexibility index (Phi) is 3.11. The molecule has 5 heteroatoms. The number of benzene rings is 1. The van der Waals surface area contributed by atoms with Crippen LogP contribution in [0.1, 0.15) is 12.5 Å². The van der Waals surface area contributed by atoms with E-state index in [1.807, 2.05) is 12.1 Å². The van der Waals surface area contributed by atoms with Crippen molar-refractivity contribution in [3.8, 4) is 6.07 Å². The molecule has 2 N–H and O–H groups in total. The Balaban J connectivity index is 2.50. The number of nitriles is 1. The highest BCUT2D eigenvalue weighted by atomic mass is 16.4. The van der Waals surface area contributed by atoms with E-state index in [2.05, 4.69) is 16.4 Å². The molecule has 0 aliphatic heterocycles. The van der Waals surface area contributed by atoms with E-state index >= 15 is 0 Å². The summed E-state index contributed by atoms with van der Waals surface area (Å²) < 4.78 is 0. The molecule has 1 heterocycles. The number of fused-ring (bicyclic) bond motifs is 1. The average Bonchev–Trinajstić information content (AvgIpc) is 2.38. The Bertz CT molecular complexity index is 646. The molecule has 0 bridgehead atoms. The van der Waals surface area contributed by atoms with E-state index in [4.69, 9.17) is 10.4 Å². The smallest absolute Gasteiger partial charge is 0.325 e. The SMILES string of the molecule is CC(Nc1nccc2ccc(C#N)cc12)C(=O)O. The molecule has 1 aromatic heterocycles. The van der Waals surface area contributed by atoms with E-state index in [-0.39, 0.29) is 0 Å². The van der Waals surface area contributed by atoms with Crippen LogP contribution in [0.4, 0.5) is 5.82 Å². The molecule has 1 unspecified atom stereocenters. The second-order valence-electron chi connectivity index (χ2n) is 3.91. The Morgan fingerprint density at radius 1 is 1.50 bits per heavy atom. The number of aliphatic carboxylic acids is 1. The fraction of sp³-hybridized carbons (Fsp3) is 0.154. The third kappa shape index (κ3) is 2.23. The molecular weight excluding hydrogens is 230 g/mol. The van der Waals surface area contributed by atoms with Gasteiger partial charge in [-0.25, -0.2) is 4.98 Å². The Hall–Kier alpha value is -2.61. The van der Waals surface area contributed by atoms with Gasteiger partial charge in [0, 0.05) is 11.6 Å². The van der Waals surface area contributed by atoms with Crippen molar-refractivity contribution in [3.05, 3.63) is 36.0 Å². The number of hydrogen-bond donors (Lipinski definition) is 2. The first-order valence-electron chi connectivity index (χ1n) is 5.40. The van der Waals surface area contributed by atoms with E-state index in [0.29, 0.717) is 11.4 Å². The molecule has 0 fully saturated rings. The van der Waals surface area contributed by atoms with Gasteiger partial charge in [-0.05, 0) is 30.5 Å². The van der Waals surface area contributed by atoms with Crippen LogP contribution in [0, 0.1) is 11.3 Å². The van der Waals surface area contributed by atoms with Crippen LogP contribution in [0.2, 0.25) is 0 Å². The van der Waals surface area contributed by atoms with Gasteiger partial charge in [0.25, 0.3) is 0 Å². The molecule has 5 nitrogen and oxygen atoms in total. The molecule has 0 amide bonds.